The molecule has 3 rings (SSSR count). The van der Waals surface area contributed by atoms with Crippen molar-refractivity contribution >= 4 is 27.6 Å². The average molecular weight is 360 g/mol. The molecule has 0 bridgehead atoms. The molecule has 112 valence electrons. The van der Waals surface area contributed by atoms with Gasteiger partial charge in [0.2, 0.25) is 0 Å². The fourth-order valence-corrected chi connectivity index (χ4v) is 2.64. The molecule has 0 spiro atoms. The van der Waals surface area contributed by atoms with Crippen molar-refractivity contribution in [2.45, 2.75) is 13.5 Å². The molecule has 0 aromatic heterocycles. The zero-order chi connectivity index (χ0) is 15.5. The molecule has 0 fully saturated rings. The summed E-state index contributed by atoms with van der Waals surface area (Å²) in [6.45, 7) is 3.19. The first-order valence-electron chi connectivity index (χ1n) is 6.92. The number of rotatable bonds is 5. The molecule has 1 N–H and O–H groups in total. The first kappa shape index (κ1) is 14.7. The van der Waals surface area contributed by atoms with Crippen LogP contribution in [0.4, 0.5) is 10.5 Å². The van der Waals surface area contributed by atoms with E-state index < -0.39 is 6.03 Å². The molecule has 2 aromatic rings. The third-order valence-corrected chi connectivity index (χ3v) is 3.71. The number of nitrogens with one attached hydrogen (secondary N) is 1. The number of carbonyl (C=O) groups excluding carboxylic acids is 1. The summed E-state index contributed by atoms with van der Waals surface area (Å²) in [4.78, 5) is 18.8. The molecule has 6 heteroatoms. The number of hydrogen-bond acceptors (Lipinski definition) is 3. The van der Waals surface area contributed by atoms with E-state index in [0.29, 0.717) is 23.9 Å². The Morgan fingerprint density at radius 3 is 2.77 bits per heavy atom. The predicted molar refractivity (Wildman–Crippen MR) is 86.8 cm³/mol. The number of nitrogens with zero attached hydrogens (tertiary/aromatic N) is 2. The van der Waals surface area contributed by atoms with Gasteiger partial charge in [-0.25, -0.2) is 4.79 Å². The maximum atomic E-state index is 11.2. The van der Waals surface area contributed by atoms with Crippen LogP contribution in [0.2, 0.25) is 0 Å². The lowest BCUT2D eigenvalue weighted by atomic mass is 10.2. The van der Waals surface area contributed by atoms with E-state index in [9.17, 15) is 4.79 Å². The minimum absolute atomic E-state index is 0.447. The van der Waals surface area contributed by atoms with E-state index >= 15 is 0 Å². The lowest BCUT2D eigenvalue weighted by molar-refractivity contribution is 0.256. The van der Waals surface area contributed by atoms with Gasteiger partial charge in [0.05, 0.1) is 17.3 Å². The highest BCUT2D eigenvalue weighted by molar-refractivity contribution is 9.10. The summed E-state index contributed by atoms with van der Waals surface area (Å²) < 4.78 is 6.63. The van der Waals surface area contributed by atoms with Gasteiger partial charge in [-0.05, 0) is 43.3 Å². The van der Waals surface area contributed by atoms with Crippen molar-refractivity contribution in [1.82, 2.24) is 0 Å². The zero-order valence-electron chi connectivity index (χ0n) is 12.0. The van der Waals surface area contributed by atoms with E-state index in [4.69, 9.17) is 4.74 Å². The van der Waals surface area contributed by atoms with E-state index in [1.54, 1.807) is 6.07 Å². The average Bonchev–Trinajstić information content (AvgIpc) is 2.87. The number of amides is 2. The second-order valence-electron chi connectivity index (χ2n) is 4.75. The van der Waals surface area contributed by atoms with Crippen LogP contribution in [0.15, 0.2) is 50.9 Å². The van der Waals surface area contributed by atoms with Gasteiger partial charge in [0, 0.05) is 22.3 Å². The van der Waals surface area contributed by atoms with E-state index in [2.05, 4.69) is 31.2 Å². The number of halogens is 1. The van der Waals surface area contributed by atoms with Crippen LogP contribution in [-0.4, -0.2) is 12.6 Å². The summed E-state index contributed by atoms with van der Waals surface area (Å²) in [6.07, 6.45) is 0. The molecule has 2 amide bonds. The van der Waals surface area contributed by atoms with Crippen LogP contribution in [-0.2, 0) is 6.54 Å². The Morgan fingerprint density at radius 2 is 1.95 bits per heavy atom. The highest BCUT2D eigenvalue weighted by Crippen LogP contribution is 2.24. The number of ether oxygens (including phenoxy) is 1. The summed E-state index contributed by atoms with van der Waals surface area (Å²) in [5.74, 6) is 0.856. The van der Waals surface area contributed by atoms with Crippen LogP contribution in [0.5, 0.6) is 5.75 Å². The number of benzene rings is 2. The van der Waals surface area contributed by atoms with Crippen molar-refractivity contribution in [3.05, 3.63) is 57.1 Å². The Morgan fingerprint density at radius 1 is 1.14 bits per heavy atom. The maximum Gasteiger partial charge on any atom is 0.368 e. The predicted octanol–water partition coefficient (Wildman–Crippen LogP) is 2.83. The van der Waals surface area contributed by atoms with Crippen LogP contribution in [0, 0.1) is 0 Å². The Balaban J connectivity index is 1.80. The first-order chi connectivity index (χ1) is 10.7. The van der Waals surface area contributed by atoms with Crippen molar-refractivity contribution in [3.8, 4) is 5.75 Å². The summed E-state index contributed by atoms with van der Waals surface area (Å²) in [6, 6.07) is 11.0. The van der Waals surface area contributed by atoms with E-state index in [0.717, 1.165) is 21.5 Å². The lowest BCUT2D eigenvalue weighted by Crippen LogP contribution is -2.21. The molecular weight excluding hydrogens is 346 g/mol. The largest absolute Gasteiger partial charge is 0.494 e. The van der Waals surface area contributed by atoms with Gasteiger partial charge in [-0.15, -0.1) is 0 Å². The topological polar surface area (TPSA) is 63.0 Å². The van der Waals surface area contributed by atoms with Crippen molar-refractivity contribution in [2.24, 2.45) is 9.98 Å². The summed E-state index contributed by atoms with van der Waals surface area (Å²) in [5.41, 5.74) is 1.93. The Hall–Kier alpha value is -2.21. The molecular formula is C16H14BrN3O2. The van der Waals surface area contributed by atoms with Crippen molar-refractivity contribution in [1.29, 1.82) is 0 Å². The third-order valence-electron chi connectivity index (χ3n) is 3.21. The van der Waals surface area contributed by atoms with Gasteiger partial charge in [0.1, 0.15) is 5.75 Å². The van der Waals surface area contributed by atoms with Crippen LogP contribution < -0.4 is 20.8 Å². The minimum atomic E-state index is -0.447. The smallest absolute Gasteiger partial charge is 0.368 e. The van der Waals surface area contributed by atoms with Gasteiger partial charge in [-0.3, -0.25) is 0 Å². The number of carbonyl (C=O) groups is 1. The third kappa shape index (κ3) is 3.17. The molecule has 22 heavy (non-hydrogen) atoms. The van der Waals surface area contributed by atoms with Crippen LogP contribution >= 0.6 is 15.9 Å². The normalized spacial score (nSPS) is 12.4. The van der Waals surface area contributed by atoms with Crippen LogP contribution in [0.1, 0.15) is 12.5 Å². The van der Waals surface area contributed by atoms with Gasteiger partial charge >= 0.3 is 6.03 Å². The fourth-order valence-electron chi connectivity index (χ4n) is 2.23. The number of urea groups is 1. The lowest BCUT2D eigenvalue weighted by Gasteiger charge is -2.12. The molecule has 1 aliphatic heterocycles. The van der Waals surface area contributed by atoms with Crippen molar-refractivity contribution in [3.63, 3.8) is 0 Å². The number of hydrogen-bond donors (Lipinski definition) is 1. The summed E-state index contributed by atoms with van der Waals surface area (Å²) in [7, 11) is 0. The van der Waals surface area contributed by atoms with Crippen molar-refractivity contribution < 1.29 is 9.53 Å². The van der Waals surface area contributed by atoms with Gasteiger partial charge in [-0.2, -0.15) is 9.98 Å². The van der Waals surface area contributed by atoms with Crippen molar-refractivity contribution in [2.75, 3.05) is 11.9 Å². The first-order valence-corrected chi connectivity index (χ1v) is 7.71. The quantitative estimate of drug-likeness (QED) is 0.892. The second-order valence-corrected chi connectivity index (χ2v) is 5.66. The summed E-state index contributed by atoms with van der Waals surface area (Å²) >= 11 is 3.47. The second kappa shape index (κ2) is 6.27. The molecule has 0 atom stereocenters. The summed E-state index contributed by atoms with van der Waals surface area (Å²) in [5, 5.41) is 4.54. The molecule has 0 saturated heterocycles. The molecule has 0 unspecified atom stereocenters. The van der Waals surface area contributed by atoms with E-state index in [-0.39, 0.29) is 0 Å². The van der Waals surface area contributed by atoms with Gasteiger partial charge in [0.15, 0.2) is 0 Å². The Bertz CT molecular complexity index is 849. The minimum Gasteiger partial charge on any atom is -0.494 e. The fraction of sp³-hybridized carbons (Fsp3) is 0.188. The standard InChI is InChI=1S/C16H14BrN3O2/c1-2-22-15-6-3-11(17)7-10(15)9-18-12-4-5-13-14(8-12)20-16(21)19-13/h3-8,18H,2,9H2,1H3. The molecule has 0 radical (unpaired) electrons. The van der Waals surface area contributed by atoms with E-state index in [1.807, 2.05) is 37.3 Å². The molecule has 1 aliphatic rings. The monoisotopic (exact) mass is 359 g/mol. The molecule has 2 aromatic carbocycles. The highest BCUT2D eigenvalue weighted by Gasteiger charge is 2.07. The van der Waals surface area contributed by atoms with Gasteiger partial charge in [0.25, 0.3) is 0 Å². The van der Waals surface area contributed by atoms with Gasteiger partial charge < -0.3 is 10.1 Å². The Labute approximate surface area is 135 Å². The molecule has 0 aliphatic carbocycles. The Kier molecular flexibility index (Phi) is 4.20. The molecule has 5 nitrogen and oxygen atoms in total. The molecule has 1 heterocycles. The zero-order valence-corrected chi connectivity index (χ0v) is 13.6. The van der Waals surface area contributed by atoms with Gasteiger partial charge in [-0.1, -0.05) is 15.9 Å². The number of anilines is 1. The number of fused-ring (bicyclic) bond motifs is 1. The molecule has 0 saturated carbocycles. The van der Waals surface area contributed by atoms with Crippen LogP contribution in [0.3, 0.4) is 0 Å². The highest BCUT2D eigenvalue weighted by atomic mass is 79.9. The SMILES string of the molecule is CCOc1ccc(Br)cc1CNc1ccc2c(c1)=NC(=O)N=2. The van der Waals surface area contributed by atoms with Crippen LogP contribution in [0.25, 0.3) is 0 Å². The maximum absolute atomic E-state index is 11.2. The van der Waals surface area contributed by atoms with E-state index in [1.165, 1.54) is 0 Å².